The van der Waals surface area contributed by atoms with Gasteiger partial charge in [0.05, 0.1) is 12.3 Å². The summed E-state index contributed by atoms with van der Waals surface area (Å²) in [5, 5.41) is 4.30. The van der Waals surface area contributed by atoms with Crippen molar-refractivity contribution in [2.45, 2.75) is 64.3 Å². The summed E-state index contributed by atoms with van der Waals surface area (Å²) < 4.78 is 30.8. The van der Waals surface area contributed by atoms with E-state index in [0.29, 0.717) is 11.3 Å². The number of anilines is 1. The molecule has 4 rings (SSSR count). The number of rotatable bonds is 5. The zero-order chi connectivity index (χ0) is 21.7. The Kier molecular flexibility index (Phi) is 5.11. The van der Waals surface area contributed by atoms with Crippen LogP contribution >= 0.6 is 0 Å². The summed E-state index contributed by atoms with van der Waals surface area (Å²) in [5.41, 5.74) is 6.45. The zero-order valence-corrected chi connectivity index (χ0v) is 17.8. The molecule has 2 N–H and O–H groups in total. The van der Waals surface area contributed by atoms with Crippen molar-refractivity contribution in [3.05, 3.63) is 24.2 Å². The number of nitrogens with zero attached hydrogens (tertiary/aromatic N) is 3. The number of fused-ring (bicyclic) bond motifs is 2. The van der Waals surface area contributed by atoms with Crippen LogP contribution in [0.3, 0.4) is 0 Å². The van der Waals surface area contributed by atoms with Gasteiger partial charge in [-0.25, -0.2) is 14.3 Å². The molecule has 0 aliphatic carbocycles. The Morgan fingerprint density at radius 1 is 1.23 bits per heavy atom. The normalized spacial score (nSPS) is 30.0. The topological polar surface area (TPSA) is 119 Å². The summed E-state index contributed by atoms with van der Waals surface area (Å²) in [6, 6.07) is 3.71. The van der Waals surface area contributed by atoms with Gasteiger partial charge in [0.1, 0.15) is 42.4 Å². The minimum Gasteiger partial charge on any atom is -0.434 e. The van der Waals surface area contributed by atoms with Gasteiger partial charge in [-0.2, -0.15) is 5.10 Å². The van der Waals surface area contributed by atoms with Crippen molar-refractivity contribution in [2.75, 3.05) is 18.9 Å². The van der Waals surface area contributed by atoms with Crippen molar-refractivity contribution in [3.8, 4) is 0 Å². The minimum absolute atomic E-state index is 0.0402. The van der Waals surface area contributed by atoms with Gasteiger partial charge >= 0.3 is 6.16 Å². The van der Waals surface area contributed by atoms with E-state index in [0.717, 1.165) is 5.69 Å². The lowest BCUT2D eigenvalue weighted by Crippen LogP contribution is -2.45. The molecule has 164 valence electrons. The van der Waals surface area contributed by atoms with Crippen LogP contribution in [-0.4, -0.2) is 57.6 Å². The average Bonchev–Trinajstić information content (AvgIpc) is 3.31. The van der Waals surface area contributed by atoms with E-state index >= 15 is 0 Å². The smallest absolute Gasteiger partial charge is 0.434 e. The molecule has 30 heavy (non-hydrogen) atoms. The maximum absolute atomic E-state index is 12.0. The van der Waals surface area contributed by atoms with E-state index in [2.05, 4.69) is 10.1 Å². The molecule has 2 fully saturated rings. The van der Waals surface area contributed by atoms with E-state index in [9.17, 15) is 4.79 Å². The molecule has 0 saturated carbocycles. The van der Waals surface area contributed by atoms with E-state index in [1.807, 2.05) is 46.8 Å². The predicted octanol–water partition coefficient (Wildman–Crippen LogP) is 2.47. The van der Waals surface area contributed by atoms with Crippen LogP contribution in [0.15, 0.2) is 18.5 Å². The lowest BCUT2D eigenvalue weighted by atomic mass is 9.97. The first-order chi connectivity index (χ1) is 14.1. The lowest BCUT2D eigenvalue weighted by molar-refractivity contribution is -0.214. The Labute approximate surface area is 174 Å². The number of nitrogens with two attached hydrogens (primary N) is 1. The van der Waals surface area contributed by atoms with Gasteiger partial charge in [0.25, 0.3) is 0 Å². The molecule has 0 spiro atoms. The van der Waals surface area contributed by atoms with Crippen molar-refractivity contribution >= 4 is 17.5 Å². The summed E-state index contributed by atoms with van der Waals surface area (Å²) in [6.45, 7) is 9.68. The SMILES string of the molecule is CC(C)COC(=O)OC[C@@]1(C)O[C@@H](c2ccc3c(N)ncnn23)[C@@H]2OC(C)(C)O[C@@H]21. The van der Waals surface area contributed by atoms with Gasteiger partial charge in [-0.1, -0.05) is 13.8 Å². The van der Waals surface area contributed by atoms with Crippen LogP contribution in [0.5, 0.6) is 0 Å². The van der Waals surface area contributed by atoms with Crippen molar-refractivity contribution < 1.29 is 28.5 Å². The molecule has 4 heterocycles. The van der Waals surface area contributed by atoms with Crippen molar-refractivity contribution in [1.29, 1.82) is 0 Å². The molecular formula is C20H28N4O6. The van der Waals surface area contributed by atoms with Crippen LogP contribution in [0.4, 0.5) is 10.6 Å². The third-order valence-electron chi connectivity index (χ3n) is 5.24. The number of carbonyl (C=O) groups excluding carboxylic acids is 1. The van der Waals surface area contributed by atoms with Crippen LogP contribution in [0, 0.1) is 5.92 Å². The van der Waals surface area contributed by atoms with Gasteiger partial charge < -0.3 is 29.4 Å². The number of hydrogen-bond donors (Lipinski definition) is 1. The van der Waals surface area contributed by atoms with Crippen LogP contribution < -0.4 is 5.73 Å². The van der Waals surface area contributed by atoms with E-state index in [-0.39, 0.29) is 19.1 Å². The molecule has 0 bridgehead atoms. The first-order valence-corrected chi connectivity index (χ1v) is 10.0. The molecule has 4 atom stereocenters. The molecular weight excluding hydrogens is 392 g/mol. The summed E-state index contributed by atoms with van der Waals surface area (Å²) >= 11 is 0. The highest BCUT2D eigenvalue weighted by atomic mass is 16.8. The summed E-state index contributed by atoms with van der Waals surface area (Å²) in [4.78, 5) is 16.0. The molecule has 0 unspecified atom stereocenters. The standard InChI is InChI=1S/C20H28N4O6/c1-11(2)8-26-18(25)27-9-20(5)16-15(28-19(3,4)30-16)14(29-20)12-6-7-13-17(21)22-10-23-24(12)13/h6-7,10-11,14-16H,8-9H2,1-5H3,(H2,21,22,23)/t14-,15-,16-,20+/m0/s1. The minimum atomic E-state index is -0.942. The van der Waals surface area contributed by atoms with Crippen LogP contribution in [-0.2, 0) is 23.7 Å². The fraction of sp³-hybridized carbons (Fsp3) is 0.650. The van der Waals surface area contributed by atoms with E-state index in [1.165, 1.54) is 6.33 Å². The largest absolute Gasteiger partial charge is 0.508 e. The number of aromatic nitrogens is 3. The van der Waals surface area contributed by atoms with Gasteiger partial charge in [0.15, 0.2) is 11.6 Å². The van der Waals surface area contributed by atoms with E-state index in [4.69, 9.17) is 29.4 Å². The van der Waals surface area contributed by atoms with E-state index < -0.39 is 35.9 Å². The Balaban J connectivity index is 1.59. The Morgan fingerprint density at radius 3 is 2.73 bits per heavy atom. The number of nitrogen functional groups attached to an aromatic ring is 1. The van der Waals surface area contributed by atoms with E-state index in [1.54, 1.807) is 4.52 Å². The Morgan fingerprint density at radius 2 is 2.00 bits per heavy atom. The van der Waals surface area contributed by atoms with Crippen molar-refractivity contribution in [1.82, 2.24) is 14.6 Å². The molecule has 10 heteroatoms. The highest BCUT2D eigenvalue weighted by Gasteiger charge is 2.62. The maximum atomic E-state index is 12.0. The first kappa shape index (κ1) is 20.8. The first-order valence-electron chi connectivity index (χ1n) is 10.0. The summed E-state index contributed by atoms with van der Waals surface area (Å²) in [5.74, 6) is -0.222. The van der Waals surface area contributed by atoms with Gasteiger partial charge in [-0.15, -0.1) is 0 Å². The third kappa shape index (κ3) is 3.70. The second-order valence-electron chi connectivity index (χ2n) is 8.82. The highest BCUT2D eigenvalue weighted by molar-refractivity contribution is 5.65. The zero-order valence-electron chi connectivity index (χ0n) is 17.8. The van der Waals surface area contributed by atoms with Gasteiger partial charge in [-0.3, -0.25) is 0 Å². The van der Waals surface area contributed by atoms with Crippen LogP contribution in [0.1, 0.15) is 46.4 Å². The molecule has 0 radical (unpaired) electrons. The number of ether oxygens (including phenoxy) is 5. The van der Waals surface area contributed by atoms with Crippen molar-refractivity contribution in [2.24, 2.45) is 5.92 Å². The average molecular weight is 420 g/mol. The van der Waals surface area contributed by atoms with Crippen LogP contribution in [0.25, 0.3) is 5.52 Å². The summed E-state index contributed by atoms with van der Waals surface area (Å²) in [7, 11) is 0. The van der Waals surface area contributed by atoms with Gasteiger partial charge in [-0.05, 0) is 38.8 Å². The third-order valence-corrected chi connectivity index (χ3v) is 5.24. The highest BCUT2D eigenvalue weighted by Crippen LogP contribution is 2.50. The fourth-order valence-electron chi connectivity index (χ4n) is 3.92. The monoisotopic (exact) mass is 420 g/mol. The molecule has 0 aromatic carbocycles. The number of carbonyl (C=O) groups is 1. The lowest BCUT2D eigenvalue weighted by Gasteiger charge is -2.30. The van der Waals surface area contributed by atoms with Crippen LogP contribution in [0.2, 0.25) is 0 Å². The molecule has 2 saturated heterocycles. The van der Waals surface area contributed by atoms with Crippen molar-refractivity contribution in [3.63, 3.8) is 0 Å². The predicted molar refractivity (Wildman–Crippen MR) is 106 cm³/mol. The molecule has 2 aliphatic heterocycles. The molecule has 2 aliphatic rings. The second kappa shape index (κ2) is 7.36. The second-order valence-corrected chi connectivity index (χ2v) is 8.82. The maximum Gasteiger partial charge on any atom is 0.508 e. The van der Waals surface area contributed by atoms with Gasteiger partial charge in [0, 0.05) is 0 Å². The molecule has 2 aromatic heterocycles. The quantitative estimate of drug-likeness (QED) is 0.727. The van der Waals surface area contributed by atoms with Gasteiger partial charge in [0.2, 0.25) is 0 Å². The summed E-state index contributed by atoms with van der Waals surface area (Å²) in [6.07, 6.45) is -0.731. The number of hydrogen-bond acceptors (Lipinski definition) is 9. The molecule has 2 aromatic rings. The fourth-order valence-corrected chi connectivity index (χ4v) is 3.92. The Hall–Kier alpha value is -2.43. The molecule has 10 nitrogen and oxygen atoms in total. The molecule has 0 amide bonds. The Bertz CT molecular complexity index is 945.